The van der Waals surface area contributed by atoms with E-state index >= 15 is 0 Å². The van der Waals surface area contributed by atoms with Crippen LogP contribution in [-0.2, 0) is 13.6 Å². The van der Waals surface area contributed by atoms with E-state index in [1.807, 2.05) is 65.4 Å². The fourth-order valence-corrected chi connectivity index (χ4v) is 4.80. The second kappa shape index (κ2) is 7.29. The molecular weight excluding hydrogens is 380 g/mol. The number of carbonyl (C=O) groups excluding carboxylic acids is 1. The summed E-state index contributed by atoms with van der Waals surface area (Å²) in [7, 11) is 1.92. The molecule has 0 aliphatic carbocycles. The van der Waals surface area contributed by atoms with Crippen LogP contribution in [0.5, 0.6) is 0 Å². The van der Waals surface area contributed by atoms with E-state index in [0.717, 1.165) is 16.0 Å². The van der Waals surface area contributed by atoms with Crippen molar-refractivity contribution in [1.82, 2.24) is 19.7 Å². The van der Waals surface area contributed by atoms with Crippen molar-refractivity contribution in [1.29, 1.82) is 0 Å². The predicted octanol–water partition coefficient (Wildman–Crippen LogP) is 4.33. The Morgan fingerprint density at radius 3 is 2.66 bits per heavy atom. The monoisotopic (exact) mass is 400 g/mol. The first-order chi connectivity index (χ1) is 14.2. The first kappa shape index (κ1) is 17.8. The van der Waals surface area contributed by atoms with E-state index in [4.69, 9.17) is 0 Å². The first-order valence-electron chi connectivity index (χ1n) is 9.56. The van der Waals surface area contributed by atoms with Gasteiger partial charge < -0.3 is 4.90 Å². The third-order valence-corrected chi connectivity index (χ3v) is 6.39. The van der Waals surface area contributed by atoms with Crippen molar-refractivity contribution < 1.29 is 4.79 Å². The average Bonchev–Trinajstić information content (AvgIpc) is 3.42. The highest BCUT2D eigenvalue weighted by atomic mass is 32.1. The molecular formula is C23H20N4OS. The number of carbonyl (C=O) groups is 1. The van der Waals surface area contributed by atoms with E-state index < -0.39 is 0 Å². The van der Waals surface area contributed by atoms with Crippen molar-refractivity contribution in [2.75, 3.05) is 6.54 Å². The summed E-state index contributed by atoms with van der Waals surface area (Å²) in [5.74, 6) is 0.103. The molecule has 0 bridgehead atoms. The van der Waals surface area contributed by atoms with Crippen LogP contribution in [0.15, 0.2) is 73.2 Å². The lowest BCUT2D eigenvalue weighted by Crippen LogP contribution is -2.38. The highest BCUT2D eigenvalue weighted by Crippen LogP contribution is 2.35. The second-order valence-corrected chi connectivity index (χ2v) is 8.31. The highest BCUT2D eigenvalue weighted by Gasteiger charge is 2.31. The van der Waals surface area contributed by atoms with Crippen LogP contribution in [0.2, 0.25) is 0 Å². The Balaban J connectivity index is 1.46. The summed E-state index contributed by atoms with van der Waals surface area (Å²) >= 11 is 1.45. The lowest BCUT2D eigenvalue weighted by molar-refractivity contribution is 0.0724. The Morgan fingerprint density at radius 1 is 1.07 bits per heavy atom. The van der Waals surface area contributed by atoms with E-state index in [1.54, 1.807) is 6.20 Å². The van der Waals surface area contributed by atoms with Gasteiger partial charge >= 0.3 is 0 Å². The molecule has 1 aliphatic rings. The quantitative estimate of drug-likeness (QED) is 0.514. The van der Waals surface area contributed by atoms with Gasteiger partial charge in [0.25, 0.3) is 5.91 Å². The number of aromatic nitrogens is 3. The smallest absolute Gasteiger partial charge is 0.283 e. The van der Waals surface area contributed by atoms with Gasteiger partial charge in [0.15, 0.2) is 5.01 Å². The summed E-state index contributed by atoms with van der Waals surface area (Å²) in [5, 5.41) is 4.87. The van der Waals surface area contributed by atoms with E-state index in [9.17, 15) is 4.79 Å². The zero-order valence-corrected chi connectivity index (χ0v) is 16.8. The zero-order chi connectivity index (χ0) is 19.8. The highest BCUT2D eigenvalue weighted by molar-refractivity contribution is 7.16. The summed E-state index contributed by atoms with van der Waals surface area (Å²) < 4.78 is 1.81. The Bertz CT molecular complexity index is 1160. The lowest BCUT2D eigenvalue weighted by Gasteiger charge is -2.34. The standard InChI is InChI=1S/C23H20N4OS/c1-26-13-18(11-25-26)20-15-27(14-17-9-5-6-10-19(17)20)23(28)22-24-12-21(29-22)16-7-3-2-4-8-16/h2-13,20H,14-15H2,1H3. The van der Waals surface area contributed by atoms with Crippen molar-refractivity contribution in [2.45, 2.75) is 12.5 Å². The summed E-state index contributed by atoms with van der Waals surface area (Å²) in [6, 6.07) is 18.4. The molecule has 0 radical (unpaired) electrons. The molecule has 1 unspecified atom stereocenters. The number of benzene rings is 2. The molecule has 6 heteroatoms. The number of rotatable bonds is 3. The molecule has 29 heavy (non-hydrogen) atoms. The van der Waals surface area contributed by atoms with Crippen LogP contribution >= 0.6 is 11.3 Å². The van der Waals surface area contributed by atoms with Gasteiger partial charge in [-0.25, -0.2) is 4.98 Å². The van der Waals surface area contributed by atoms with Gasteiger partial charge in [-0.1, -0.05) is 54.6 Å². The Hall–Kier alpha value is -3.25. The van der Waals surface area contributed by atoms with Gasteiger partial charge in [-0.3, -0.25) is 9.48 Å². The number of aryl methyl sites for hydroxylation is 1. The predicted molar refractivity (Wildman–Crippen MR) is 114 cm³/mol. The summed E-state index contributed by atoms with van der Waals surface area (Å²) in [6.45, 7) is 1.23. The van der Waals surface area contributed by atoms with Gasteiger partial charge in [-0.05, 0) is 22.3 Å². The van der Waals surface area contributed by atoms with Crippen LogP contribution < -0.4 is 0 Å². The Labute approximate surface area is 173 Å². The van der Waals surface area contributed by atoms with E-state index in [0.29, 0.717) is 18.1 Å². The van der Waals surface area contributed by atoms with Crippen LogP contribution in [0.4, 0.5) is 0 Å². The molecule has 0 saturated carbocycles. The number of fused-ring (bicyclic) bond motifs is 1. The molecule has 144 valence electrons. The SMILES string of the molecule is Cn1cc(C2CN(C(=O)c3ncc(-c4ccccc4)s3)Cc3ccccc32)cn1. The van der Waals surface area contributed by atoms with Crippen molar-refractivity contribution in [2.24, 2.45) is 7.05 Å². The molecule has 2 aromatic carbocycles. The van der Waals surface area contributed by atoms with Crippen LogP contribution in [0.25, 0.3) is 10.4 Å². The number of thiazole rings is 1. The topological polar surface area (TPSA) is 51.0 Å². The normalized spacial score (nSPS) is 15.9. The zero-order valence-electron chi connectivity index (χ0n) is 16.0. The lowest BCUT2D eigenvalue weighted by atomic mass is 9.86. The van der Waals surface area contributed by atoms with Gasteiger partial charge in [0.1, 0.15) is 0 Å². The van der Waals surface area contributed by atoms with Crippen molar-refractivity contribution in [3.05, 3.63) is 94.9 Å². The molecule has 5 rings (SSSR count). The van der Waals surface area contributed by atoms with Crippen LogP contribution in [-0.4, -0.2) is 32.1 Å². The number of nitrogens with zero attached hydrogens (tertiary/aromatic N) is 4. The van der Waals surface area contributed by atoms with E-state index in [-0.39, 0.29) is 11.8 Å². The molecule has 3 heterocycles. The summed E-state index contributed by atoms with van der Waals surface area (Å²) in [6.07, 6.45) is 5.72. The van der Waals surface area contributed by atoms with Crippen LogP contribution in [0.1, 0.15) is 32.4 Å². The van der Waals surface area contributed by atoms with Gasteiger partial charge in [-0.15, -0.1) is 11.3 Å². The van der Waals surface area contributed by atoms with Gasteiger partial charge in [-0.2, -0.15) is 5.10 Å². The maximum atomic E-state index is 13.3. The van der Waals surface area contributed by atoms with Crippen molar-refractivity contribution >= 4 is 17.2 Å². The van der Waals surface area contributed by atoms with Gasteiger partial charge in [0.05, 0.1) is 11.1 Å². The van der Waals surface area contributed by atoms with Gasteiger partial charge in [0.2, 0.25) is 0 Å². The van der Waals surface area contributed by atoms with E-state index in [2.05, 4.69) is 28.3 Å². The third kappa shape index (κ3) is 3.36. The van der Waals surface area contributed by atoms with Crippen molar-refractivity contribution in [3.63, 3.8) is 0 Å². The molecule has 5 nitrogen and oxygen atoms in total. The molecule has 2 aromatic heterocycles. The van der Waals surface area contributed by atoms with Crippen LogP contribution in [0, 0.1) is 0 Å². The second-order valence-electron chi connectivity index (χ2n) is 7.28. The van der Waals surface area contributed by atoms with Gasteiger partial charge in [0, 0.05) is 38.4 Å². The summed E-state index contributed by atoms with van der Waals surface area (Å²) in [5.41, 5.74) is 4.66. The molecule has 0 saturated heterocycles. The fourth-order valence-electron chi connectivity index (χ4n) is 3.91. The Kier molecular flexibility index (Phi) is 4.48. The first-order valence-corrected chi connectivity index (χ1v) is 10.4. The van der Waals surface area contributed by atoms with E-state index in [1.165, 1.54) is 22.5 Å². The number of amides is 1. The average molecular weight is 401 g/mol. The molecule has 4 aromatic rings. The Morgan fingerprint density at radius 2 is 1.86 bits per heavy atom. The maximum absolute atomic E-state index is 13.3. The molecule has 1 atom stereocenters. The third-order valence-electron chi connectivity index (χ3n) is 5.36. The number of hydrogen-bond acceptors (Lipinski definition) is 4. The minimum absolute atomic E-state index is 0.0134. The molecule has 0 fully saturated rings. The molecule has 0 N–H and O–H groups in total. The van der Waals surface area contributed by atoms with Crippen molar-refractivity contribution in [3.8, 4) is 10.4 Å². The molecule has 0 spiro atoms. The minimum atomic E-state index is -0.0134. The summed E-state index contributed by atoms with van der Waals surface area (Å²) in [4.78, 5) is 20.6. The molecule has 1 aliphatic heterocycles. The largest absolute Gasteiger partial charge is 0.331 e. The fraction of sp³-hybridized carbons (Fsp3) is 0.174. The number of hydrogen-bond donors (Lipinski definition) is 0. The maximum Gasteiger partial charge on any atom is 0.283 e. The minimum Gasteiger partial charge on any atom is -0.331 e. The van der Waals surface area contributed by atoms with Crippen LogP contribution in [0.3, 0.4) is 0 Å². The molecule has 1 amide bonds.